The predicted octanol–water partition coefficient (Wildman–Crippen LogP) is 1.95. The third-order valence-electron chi connectivity index (χ3n) is 3.15. The summed E-state index contributed by atoms with van der Waals surface area (Å²) in [5.74, 6) is -0.915. The molecule has 7 nitrogen and oxygen atoms in total. The zero-order valence-corrected chi connectivity index (χ0v) is 10.6. The number of ether oxygens (including phenoxy) is 1. The largest absolute Gasteiger partial charge is 0.871 e. The van der Waals surface area contributed by atoms with Crippen molar-refractivity contribution >= 4 is 17.3 Å². The van der Waals surface area contributed by atoms with Crippen LogP contribution in [0.1, 0.15) is 22.1 Å². The summed E-state index contributed by atoms with van der Waals surface area (Å²) in [4.78, 5) is 21.8. The van der Waals surface area contributed by atoms with Crippen molar-refractivity contribution < 1.29 is 19.6 Å². The molecule has 0 aliphatic carbocycles. The molecule has 2 aromatic rings. The van der Waals surface area contributed by atoms with E-state index < -0.39 is 22.9 Å². The summed E-state index contributed by atoms with van der Waals surface area (Å²) >= 11 is 0. The van der Waals surface area contributed by atoms with Gasteiger partial charge in [0.2, 0.25) is 6.23 Å². The maximum Gasteiger partial charge on any atom is 0.340 e. The number of nitrogens with one attached hydrogen (secondary N) is 1. The van der Waals surface area contributed by atoms with Gasteiger partial charge in [0, 0.05) is 23.4 Å². The Morgan fingerprint density at radius 3 is 2.71 bits per heavy atom. The van der Waals surface area contributed by atoms with E-state index in [9.17, 15) is 20.0 Å². The average Bonchev–Trinajstić information content (AvgIpc) is 2.78. The molecule has 1 aliphatic rings. The van der Waals surface area contributed by atoms with Crippen LogP contribution >= 0.6 is 0 Å². The van der Waals surface area contributed by atoms with Crippen LogP contribution in [0.25, 0.3) is 0 Å². The fourth-order valence-electron chi connectivity index (χ4n) is 2.14. The number of cyclic esters (lactones) is 1. The van der Waals surface area contributed by atoms with E-state index in [1.54, 1.807) is 24.3 Å². The smallest absolute Gasteiger partial charge is 0.340 e. The summed E-state index contributed by atoms with van der Waals surface area (Å²) in [6.07, 6.45) is -0.830. The maximum absolute atomic E-state index is 11.7. The Hall–Kier alpha value is -3.09. The molecule has 1 aliphatic heterocycles. The zero-order valence-electron chi connectivity index (χ0n) is 10.6. The summed E-state index contributed by atoms with van der Waals surface area (Å²) in [5, 5.41) is 25.2. The Balaban J connectivity index is 1.93. The first kappa shape index (κ1) is 12.9. The van der Waals surface area contributed by atoms with Crippen molar-refractivity contribution in [2.45, 2.75) is 6.23 Å². The molecule has 1 N–H and O–H groups in total. The minimum atomic E-state index is -0.830. The van der Waals surface area contributed by atoms with Gasteiger partial charge in [0.1, 0.15) is 0 Å². The van der Waals surface area contributed by atoms with Gasteiger partial charge in [0.05, 0.1) is 10.5 Å². The van der Waals surface area contributed by atoms with Gasteiger partial charge in [-0.15, -0.1) is 0 Å². The van der Waals surface area contributed by atoms with Gasteiger partial charge < -0.3 is 15.2 Å². The number of benzene rings is 2. The number of fused-ring (bicyclic) bond motifs is 1. The molecule has 0 saturated heterocycles. The quantitative estimate of drug-likeness (QED) is 0.525. The molecule has 0 saturated carbocycles. The van der Waals surface area contributed by atoms with Gasteiger partial charge in [0.15, 0.2) is 0 Å². The summed E-state index contributed by atoms with van der Waals surface area (Å²) in [5.41, 5.74) is 0.801. The molecule has 0 radical (unpaired) electrons. The normalized spacial score (nSPS) is 16.2. The molecule has 2 aromatic carbocycles. The van der Waals surface area contributed by atoms with E-state index in [0.29, 0.717) is 11.1 Å². The number of rotatable bonds is 3. The number of anilines is 1. The summed E-state index contributed by atoms with van der Waals surface area (Å²) in [7, 11) is 0. The molecule has 106 valence electrons. The van der Waals surface area contributed by atoms with Crippen LogP contribution in [0, 0.1) is 10.1 Å². The van der Waals surface area contributed by atoms with Crippen molar-refractivity contribution in [1.29, 1.82) is 0 Å². The summed E-state index contributed by atoms with van der Waals surface area (Å²) in [6, 6.07) is 10.1. The second kappa shape index (κ2) is 4.78. The first-order valence-corrected chi connectivity index (χ1v) is 6.08. The average molecular weight is 285 g/mol. The molecule has 21 heavy (non-hydrogen) atoms. The lowest BCUT2D eigenvalue weighted by Gasteiger charge is -2.19. The van der Waals surface area contributed by atoms with Gasteiger partial charge in [-0.3, -0.25) is 10.1 Å². The van der Waals surface area contributed by atoms with Gasteiger partial charge in [0.25, 0.3) is 5.69 Å². The van der Waals surface area contributed by atoms with Gasteiger partial charge in [-0.1, -0.05) is 30.0 Å². The first-order chi connectivity index (χ1) is 10.1. The minimum absolute atomic E-state index is 0.0127. The van der Waals surface area contributed by atoms with E-state index in [2.05, 4.69) is 5.32 Å². The summed E-state index contributed by atoms with van der Waals surface area (Å²) < 4.78 is 5.13. The lowest BCUT2D eigenvalue weighted by atomic mass is 10.1. The Labute approximate surface area is 118 Å². The van der Waals surface area contributed by atoms with Crippen molar-refractivity contribution in [2.24, 2.45) is 0 Å². The van der Waals surface area contributed by atoms with Crippen molar-refractivity contribution in [2.75, 3.05) is 5.32 Å². The van der Waals surface area contributed by atoms with Crippen LogP contribution in [0.5, 0.6) is 5.75 Å². The molecule has 1 atom stereocenters. The molecular formula is C14H9N2O5-. The molecule has 0 unspecified atom stereocenters. The lowest BCUT2D eigenvalue weighted by Crippen LogP contribution is -2.12. The minimum Gasteiger partial charge on any atom is -0.871 e. The van der Waals surface area contributed by atoms with Crippen LogP contribution < -0.4 is 10.4 Å². The molecular weight excluding hydrogens is 276 g/mol. The molecule has 0 bridgehead atoms. The predicted molar refractivity (Wildman–Crippen MR) is 70.8 cm³/mol. The first-order valence-electron chi connectivity index (χ1n) is 6.08. The Morgan fingerprint density at radius 1 is 1.19 bits per heavy atom. The second-order valence-corrected chi connectivity index (χ2v) is 4.45. The molecule has 0 amide bonds. The Kier molecular flexibility index (Phi) is 2.94. The van der Waals surface area contributed by atoms with Crippen LogP contribution in [0.2, 0.25) is 0 Å². The highest BCUT2D eigenvalue weighted by Crippen LogP contribution is 2.34. The van der Waals surface area contributed by atoms with Crippen LogP contribution in [-0.2, 0) is 4.74 Å². The van der Waals surface area contributed by atoms with E-state index in [1.807, 2.05) is 0 Å². The van der Waals surface area contributed by atoms with Gasteiger partial charge in [-0.25, -0.2) is 4.79 Å². The SMILES string of the molecule is O=C1O[C@H](Nc2cc([N+](=O)[O-])ccc2[O-])c2ccccc21. The molecule has 1 heterocycles. The third-order valence-corrected chi connectivity index (χ3v) is 3.15. The topological polar surface area (TPSA) is 105 Å². The lowest BCUT2D eigenvalue weighted by molar-refractivity contribution is -0.385. The van der Waals surface area contributed by atoms with Crippen LogP contribution in [0.15, 0.2) is 42.5 Å². The highest BCUT2D eigenvalue weighted by Gasteiger charge is 2.30. The number of nitro groups is 1. The number of carbonyl (C=O) groups excluding carboxylic acids is 1. The fraction of sp³-hybridized carbons (Fsp3) is 0.0714. The van der Waals surface area contributed by atoms with E-state index in [0.717, 1.165) is 18.2 Å². The highest BCUT2D eigenvalue weighted by atomic mass is 16.6. The number of non-ortho nitro benzene ring substituents is 1. The van der Waals surface area contributed by atoms with Crippen LogP contribution in [0.4, 0.5) is 11.4 Å². The monoisotopic (exact) mass is 285 g/mol. The van der Waals surface area contributed by atoms with Crippen molar-refractivity contribution in [3.05, 3.63) is 63.7 Å². The Bertz CT molecular complexity index is 744. The second-order valence-electron chi connectivity index (χ2n) is 4.45. The number of nitrogens with zero attached hydrogens (tertiary/aromatic N) is 1. The van der Waals surface area contributed by atoms with E-state index in [4.69, 9.17) is 4.74 Å². The number of carbonyl (C=O) groups is 1. The highest BCUT2D eigenvalue weighted by molar-refractivity contribution is 5.94. The molecule has 7 heteroatoms. The third kappa shape index (κ3) is 2.25. The number of esters is 1. The van der Waals surface area contributed by atoms with Crippen molar-refractivity contribution in [3.63, 3.8) is 0 Å². The fourth-order valence-corrected chi connectivity index (χ4v) is 2.14. The van der Waals surface area contributed by atoms with Crippen LogP contribution in [0.3, 0.4) is 0 Å². The molecule has 0 aromatic heterocycles. The van der Waals surface area contributed by atoms with Gasteiger partial charge in [-0.05, 0) is 6.07 Å². The van der Waals surface area contributed by atoms with Crippen molar-refractivity contribution in [1.82, 2.24) is 0 Å². The van der Waals surface area contributed by atoms with E-state index in [1.165, 1.54) is 0 Å². The van der Waals surface area contributed by atoms with Gasteiger partial charge >= 0.3 is 5.97 Å². The van der Waals surface area contributed by atoms with Crippen molar-refractivity contribution in [3.8, 4) is 5.75 Å². The van der Waals surface area contributed by atoms with E-state index in [-0.39, 0.29) is 11.4 Å². The number of nitro benzene ring substituents is 1. The standard InChI is InChI=1S/C14H10N2O5/c17-12-6-5-8(16(19)20)7-11(12)15-13-9-3-1-2-4-10(9)14(18)21-13/h1-7,13,15,17H/p-1/t13-/m0/s1. The molecule has 3 rings (SSSR count). The molecule has 0 fully saturated rings. The van der Waals surface area contributed by atoms with Crippen LogP contribution in [-0.4, -0.2) is 10.9 Å². The number of hydrogen-bond acceptors (Lipinski definition) is 6. The zero-order chi connectivity index (χ0) is 15.0. The maximum atomic E-state index is 11.7. The van der Waals surface area contributed by atoms with Gasteiger partial charge in [-0.2, -0.15) is 0 Å². The Morgan fingerprint density at radius 2 is 1.95 bits per heavy atom. The van der Waals surface area contributed by atoms with E-state index >= 15 is 0 Å². The number of hydrogen-bond donors (Lipinski definition) is 1. The summed E-state index contributed by atoms with van der Waals surface area (Å²) in [6.45, 7) is 0. The molecule has 0 spiro atoms.